The molecule has 1 aromatic carbocycles. The molecule has 1 aromatic heterocycles. The Balaban J connectivity index is 1.67. The highest BCUT2D eigenvalue weighted by Crippen LogP contribution is 2.21. The molecule has 7 nitrogen and oxygen atoms in total. The first-order chi connectivity index (χ1) is 12.7. The molecule has 0 unspecified atom stereocenters. The van der Waals surface area contributed by atoms with Gasteiger partial charge in [-0.05, 0) is 35.4 Å². The monoisotopic (exact) mass is 362 g/mol. The molecule has 140 valence electrons. The molecular weight excluding hydrogens is 335 g/mol. The van der Waals surface area contributed by atoms with Gasteiger partial charge in [0.15, 0.2) is 6.04 Å². The van der Waals surface area contributed by atoms with Gasteiger partial charge >= 0.3 is 0 Å². The number of nitrogens with zero attached hydrogens (tertiary/aromatic N) is 4. The molecule has 0 amide bonds. The van der Waals surface area contributed by atoms with E-state index in [4.69, 9.17) is 4.74 Å². The van der Waals surface area contributed by atoms with E-state index in [1.165, 1.54) is 15.9 Å². The molecule has 2 aliphatic rings. The number of aromatic nitrogens is 4. The first-order valence-corrected chi connectivity index (χ1v) is 9.50. The predicted molar refractivity (Wildman–Crippen MR) is 92.4 cm³/mol. The second-order valence-electron chi connectivity index (χ2n) is 7.42. The van der Waals surface area contributed by atoms with Crippen LogP contribution in [0.15, 0.2) is 24.3 Å². The molecule has 4 rings (SSSR count). The summed E-state index contributed by atoms with van der Waals surface area (Å²) >= 11 is 0. The number of hydrogen-bond donors (Lipinski definition) is 2. The van der Waals surface area contributed by atoms with Gasteiger partial charge in [0.05, 0.1) is 25.3 Å². The average Bonchev–Trinajstić information content (AvgIpc) is 3.31. The topological polar surface area (TPSA) is 61.7 Å². The zero-order chi connectivity index (χ0) is 17.9. The fourth-order valence-corrected chi connectivity index (χ4v) is 4.07. The Bertz CT molecular complexity index is 724. The zero-order valence-electron chi connectivity index (χ0n) is 15.2. The van der Waals surface area contributed by atoms with E-state index in [1.54, 1.807) is 6.07 Å². The van der Waals surface area contributed by atoms with Gasteiger partial charge in [-0.1, -0.05) is 12.1 Å². The molecule has 0 saturated carbocycles. The lowest BCUT2D eigenvalue weighted by Crippen LogP contribution is -3.27. The second kappa shape index (κ2) is 7.77. The van der Waals surface area contributed by atoms with E-state index in [0.717, 1.165) is 51.5 Å². The second-order valence-corrected chi connectivity index (χ2v) is 7.42. The minimum atomic E-state index is -0.194. The fourth-order valence-electron chi connectivity index (χ4n) is 4.07. The van der Waals surface area contributed by atoms with Crippen LogP contribution in [-0.4, -0.2) is 66.1 Å². The summed E-state index contributed by atoms with van der Waals surface area (Å²) in [6.45, 7) is 5.49. The van der Waals surface area contributed by atoms with Crippen LogP contribution in [0.3, 0.4) is 0 Å². The van der Waals surface area contributed by atoms with Gasteiger partial charge in [0.25, 0.3) is 0 Å². The lowest BCUT2D eigenvalue weighted by atomic mass is 10.0. The van der Waals surface area contributed by atoms with E-state index < -0.39 is 0 Å². The maximum absolute atomic E-state index is 14.7. The number of nitrogens with one attached hydrogen (secondary N) is 2. The molecule has 2 fully saturated rings. The van der Waals surface area contributed by atoms with E-state index in [9.17, 15) is 4.39 Å². The Morgan fingerprint density at radius 2 is 2.08 bits per heavy atom. The zero-order valence-corrected chi connectivity index (χ0v) is 15.2. The van der Waals surface area contributed by atoms with Crippen molar-refractivity contribution in [2.75, 3.05) is 39.8 Å². The molecule has 2 saturated heterocycles. The number of tetrazole rings is 1. The van der Waals surface area contributed by atoms with Crippen LogP contribution in [0.2, 0.25) is 0 Å². The van der Waals surface area contributed by atoms with Crippen LogP contribution in [-0.2, 0) is 11.3 Å². The van der Waals surface area contributed by atoms with E-state index in [0.29, 0.717) is 12.1 Å². The van der Waals surface area contributed by atoms with Crippen LogP contribution in [0.4, 0.5) is 4.39 Å². The molecule has 2 aliphatic heterocycles. The van der Waals surface area contributed by atoms with Gasteiger partial charge < -0.3 is 14.5 Å². The summed E-state index contributed by atoms with van der Waals surface area (Å²) in [4.78, 5) is 2.84. The number of piperazine rings is 1. The predicted octanol–water partition coefficient (Wildman–Crippen LogP) is -1.51. The van der Waals surface area contributed by atoms with Crippen molar-refractivity contribution in [1.29, 1.82) is 0 Å². The van der Waals surface area contributed by atoms with Gasteiger partial charge in [-0.2, -0.15) is 0 Å². The van der Waals surface area contributed by atoms with Crippen LogP contribution >= 0.6 is 0 Å². The van der Waals surface area contributed by atoms with Crippen LogP contribution in [0, 0.1) is 5.82 Å². The fraction of sp³-hybridized carbons (Fsp3) is 0.611. The molecule has 26 heavy (non-hydrogen) atoms. The smallest absolute Gasteiger partial charge is 0.214 e. The Morgan fingerprint density at radius 1 is 1.27 bits per heavy atom. The summed E-state index contributed by atoms with van der Waals surface area (Å²) in [5.74, 6) is 0.545. The highest BCUT2D eigenvalue weighted by Gasteiger charge is 2.36. The minimum Gasteiger partial charge on any atom is -0.376 e. The van der Waals surface area contributed by atoms with Crippen LogP contribution in [0.5, 0.6) is 0 Å². The third-order valence-electron chi connectivity index (χ3n) is 5.59. The Hall–Kier alpha value is -1.90. The molecule has 2 aromatic rings. The van der Waals surface area contributed by atoms with E-state index in [2.05, 4.69) is 22.6 Å². The molecule has 2 atom stereocenters. The molecule has 0 radical (unpaired) electrons. The highest BCUT2D eigenvalue weighted by atomic mass is 19.1. The average molecular weight is 362 g/mol. The van der Waals surface area contributed by atoms with Crippen LogP contribution in [0.1, 0.15) is 30.3 Å². The van der Waals surface area contributed by atoms with Gasteiger partial charge in [0.2, 0.25) is 5.82 Å². The summed E-state index contributed by atoms with van der Waals surface area (Å²) in [5.41, 5.74) is 0.672. The number of hydrogen-bond acceptors (Lipinski definition) is 4. The standard InChI is InChI=1S/C18H25FN6O/c1-23-8-10-24(11-9-23)17(15-6-2-3-7-16(15)19)18-20-21-22-25(18)13-14-5-4-12-26-14/h2-3,6-7,14,17H,4-5,8-13H2,1H3/p+2/t14-,17-/m1/s1. The van der Waals surface area contributed by atoms with Crippen molar-refractivity contribution in [2.24, 2.45) is 0 Å². The summed E-state index contributed by atoms with van der Waals surface area (Å²) in [6, 6.07) is 6.82. The number of ether oxygens (including phenoxy) is 1. The first kappa shape index (κ1) is 17.5. The van der Waals surface area contributed by atoms with Crippen molar-refractivity contribution in [3.8, 4) is 0 Å². The Morgan fingerprint density at radius 3 is 2.81 bits per heavy atom. The van der Waals surface area contributed by atoms with E-state index in [-0.39, 0.29) is 18.0 Å². The van der Waals surface area contributed by atoms with Gasteiger partial charge in [-0.25, -0.2) is 9.07 Å². The highest BCUT2D eigenvalue weighted by molar-refractivity contribution is 5.24. The first-order valence-electron chi connectivity index (χ1n) is 9.50. The number of rotatable bonds is 5. The van der Waals surface area contributed by atoms with Crippen molar-refractivity contribution in [3.63, 3.8) is 0 Å². The van der Waals surface area contributed by atoms with Gasteiger partial charge in [0.1, 0.15) is 32.0 Å². The van der Waals surface area contributed by atoms with Crippen molar-refractivity contribution < 1.29 is 18.9 Å². The Labute approximate surface area is 152 Å². The minimum absolute atomic E-state index is 0.144. The quantitative estimate of drug-likeness (QED) is 0.679. The number of likely N-dealkylation sites (N-methyl/N-ethyl adjacent to an activating group) is 1. The largest absolute Gasteiger partial charge is 0.376 e. The van der Waals surface area contributed by atoms with Crippen molar-refractivity contribution in [3.05, 3.63) is 41.5 Å². The molecule has 0 bridgehead atoms. The molecule has 2 N–H and O–H groups in total. The normalized spacial score (nSPS) is 27.5. The Kier molecular flexibility index (Phi) is 5.23. The molecule has 0 spiro atoms. The van der Waals surface area contributed by atoms with Crippen molar-refractivity contribution in [1.82, 2.24) is 20.2 Å². The molecule has 0 aliphatic carbocycles. The third kappa shape index (κ3) is 3.62. The van der Waals surface area contributed by atoms with Crippen LogP contribution in [0.25, 0.3) is 0 Å². The molecule has 8 heteroatoms. The number of halogens is 1. The van der Waals surface area contributed by atoms with E-state index in [1.807, 2.05) is 16.8 Å². The summed E-state index contributed by atoms with van der Waals surface area (Å²) in [7, 11) is 2.20. The number of quaternary nitrogens is 2. The van der Waals surface area contributed by atoms with Gasteiger partial charge in [-0.3, -0.25) is 0 Å². The lowest BCUT2D eigenvalue weighted by molar-refractivity contribution is -1.02. The molecular formula is C18H27FN6O+2. The SMILES string of the molecule is C[NH+]1CC[NH+]([C@H](c2ccccc2F)c2nnnn2C[C@H]2CCCO2)CC1. The van der Waals surface area contributed by atoms with Gasteiger partial charge in [-0.15, -0.1) is 5.10 Å². The van der Waals surface area contributed by atoms with Crippen molar-refractivity contribution in [2.45, 2.75) is 31.5 Å². The summed E-state index contributed by atoms with van der Waals surface area (Å²) in [5, 5.41) is 12.4. The third-order valence-corrected chi connectivity index (χ3v) is 5.59. The van der Waals surface area contributed by atoms with Crippen LogP contribution < -0.4 is 9.80 Å². The summed E-state index contributed by atoms with van der Waals surface area (Å²) in [6.07, 6.45) is 2.24. The maximum atomic E-state index is 14.7. The lowest BCUT2D eigenvalue weighted by Gasteiger charge is -2.33. The van der Waals surface area contributed by atoms with Crippen molar-refractivity contribution >= 4 is 0 Å². The number of benzene rings is 1. The molecule has 3 heterocycles. The maximum Gasteiger partial charge on any atom is 0.214 e. The van der Waals surface area contributed by atoms with E-state index >= 15 is 0 Å². The van der Waals surface area contributed by atoms with Gasteiger partial charge in [0, 0.05) is 6.61 Å². The summed E-state index contributed by atoms with van der Waals surface area (Å²) < 4.78 is 22.3.